The van der Waals surface area contributed by atoms with Crippen LogP contribution in [0.1, 0.15) is 38.6 Å². The molecule has 0 aliphatic heterocycles. The third kappa shape index (κ3) is 4.02. The quantitative estimate of drug-likeness (QED) is 0.299. The Bertz CT molecular complexity index is 1300. The molecule has 7 heteroatoms. The third-order valence-electron chi connectivity index (χ3n) is 5.17. The van der Waals surface area contributed by atoms with Gasteiger partial charge in [0.2, 0.25) is 5.78 Å². The number of amides is 1. The second kappa shape index (κ2) is 8.39. The van der Waals surface area contributed by atoms with Crippen LogP contribution in [0.25, 0.3) is 5.52 Å². The number of hydrogen-bond acceptors (Lipinski definition) is 4. The van der Waals surface area contributed by atoms with Crippen molar-refractivity contribution in [2.45, 2.75) is 27.3 Å². The minimum Gasteiger partial charge on any atom is -0.313 e. The van der Waals surface area contributed by atoms with E-state index in [1.807, 2.05) is 73.8 Å². The number of hydrogen-bond donors (Lipinski definition) is 1. The van der Waals surface area contributed by atoms with E-state index < -0.39 is 0 Å². The van der Waals surface area contributed by atoms with Gasteiger partial charge in [-0.25, -0.2) is 5.43 Å². The van der Waals surface area contributed by atoms with E-state index in [0.717, 1.165) is 28.0 Å². The molecule has 0 bridgehead atoms. The van der Waals surface area contributed by atoms with E-state index in [0.29, 0.717) is 11.3 Å². The zero-order valence-corrected chi connectivity index (χ0v) is 17.7. The van der Waals surface area contributed by atoms with Gasteiger partial charge in [-0.15, -0.1) is 0 Å². The maximum atomic E-state index is 13.2. The standard InChI is InChI=1S/C24H23N5O2/c1-16-13-17(2)29(27-16)15-22(30)26-25-14-20-18(3)23(28-12-8-7-11-21(20)28)24(31)19-9-5-4-6-10-19/h4-14H,15H2,1-3H3,(H,26,30)/b25-14-. The molecule has 4 rings (SSSR count). The van der Waals surface area contributed by atoms with Gasteiger partial charge >= 0.3 is 0 Å². The fourth-order valence-corrected chi connectivity index (χ4v) is 3.70. The smallest absolute Gasteiger partial charge is 0.261 e. The Morgan fingerprint density at radius 1 is 1.06 bits per heavy atom. The molecule has 0 atom stereocenters. The summed E-state index contributed by atoms with van der Waals surface area (Å²) in [5.41, 5.74) is 7.96. The molecule has 1 aromatic carbocycles. The zero-order valence-electron chi connectivity index (χ0n) is 17.7. The van der Waals surface area contributed by atoms with Crippen LogP contribution in [0.15, 0.2) is 65.9 Å². The molecule has 1 N–H and O–H groups in total. The van der Waals surface area contributed by atoms with Crippen molar-refractivity contribution in [3.63, 3.8) is 0 Å². The van der Waals surface area contributed by atoms with Crippen LogP contribution in [0.2, 0.25) is 0 Å². The van der Waals surface area contributed by atoms with Gasteiger partial charge in [0, 0.05) is 23.0 Å². The van der Waals surface area contributed by atoms with Crippen LogP contribution < -0.4 is 5.43 Å². The second-order valence-electron chi connectivity index (χ2n) is 7.42. The number of carbonyl (C=O) groups excluding carboxylic acids is 2. The summed E-state index contributed by atoms with van der Waals surface area (Å²) in [6, 6.07) is 16.8. The topological polar surface area (TPSA) is 80.8 Å². The summed E-state index contributed by atoms with van der Waals surface area (Å²) in [5, 5.41) is 8.43. The molecule has 0 unspecified atom stereocenters. The van der Waals surface area contributed by atoms with Crippen molar-refractivity contribution < 1.29 is 9.59 Å². The Balaban J connectivity index is 1.61. The highest BCUT2D eigenvalue weighted by Gasteiger charge is 2.20. The first-order chi connectivity index (χ1) is 15.0. The van der Waals surface area contributed by atoms with Crippen LogP contribution in [0.5, 0.6) is 0 Å². The molecule has 7 nitrogen and oxygen atoms in total. The number of ketones is 1. The first-order valence-corrected chi connectivity index (χ1v) is 9.98. The Labute approximate surface area is 180 Å². The molecule has 4 aromatic rings. The number of benzene rings is 1. The van der Waals surface area contributed by atoms with Crippen LogP contribution in [0, 0.1) is 20.8 Å². The van der Waals surface area contributed by atoms with Crippen LogP contribution in [-0.2, 0) is 11.3 Å². The first-order valence-electron chi connectivity index (χ1n) is 9.98. The predicted molar refractivity (Wildman–Crippen MR) is 119 cm³/mol. The Hall–Kier alpha value is -4.00. The van der Waals surface area contributed by atoms with E-state index in [1.165, 1.54) is 0 Å². The molecule has 0 aliphatic rings. The highest BCUT2D eigenvalue weighted by Crippen LogP contribution is 2.24. The number of aryl methyl sites for hydroxylation is 2. The van der Waals surface area contributed by atoms with Crippen molar-refractivity contribution in [2.24, 2.45) is 5.10 Å². The number of pyridine rings is 1. The summed E-state index contributed by atoms with van der Waals surface area (Å²) in [6.07, 6.45) is 3.45. The van der Waals surface area contributed by atoms with Gasteiger partial charge in [-0.3, -0.25) is 14.3 Å². The van der Waals surface area contributed by atoms with Gasteiger partial charge in [-0.1, -0.05) is 36.4 Å². The Kier molecular flexibility index (Phi) is 5.49. The lowest BCUT2D eigenvalue weighted by Crippen LogP contribution is -2.24. The molecule has 0 radical (unpaired) electrons. The lowest BCUT2D eigenvalue weighted by molar-refractivity contribution is -0.121. The Morgan fingerprint density at radius 3 is 2.52 bits per heavy atom. The average molecular weight is 413 g/mol. The first kappa shape index (κ1) is 20.3. The maximum Gasteiger partial charge on any atom is 0.261 e. The van der Waals surface area contributed by atoms with Crippen molar-refractivity contribution in [3.8, 4) is 0 Å². The summed E-state index contributed by atoms with van der Waals surface area (Å²) in [6.45, 7) is 5.76. The van der Waals surface area contributed by atoms with Crippen LogP contribution in [-0.4, -0.2) is 32.1 Å². The minimum absolute atomic E-state index is 0.0625. The summed E-state index contributed by atoms with van der Waals surface area (Å²) in [5.74, 6) is -0.336. The van der Waals surface area contributed by atoms with Crippen LogP contribution >= 0.6 is 0 Å². The lowest BCUT2D eigenvalue weighted by atomic mass is 10.0. The van der Waals surface area contributed by atoms with Crippen molar-refractivity contribution in [1.29, 1.82) is 0 Å². The molecule has 1 amide bonds. The SMILES string of the molecule is Cc1cc(C)n(CC(=O)N/N=C\c2c(C)c(C(=O)c3ccccc3)n3ccccc23)n1. The predicted octanol–water partition coefficient (Wildman–Crippen LogP) is 3.44. The maximum absolute atomic E-state index is 13.2. The highest BCUT2D eigenvalue weighted by atomic mass is 16.2. The molecular weight excluding hydrogens is 390 g/mol. The lowest BCUT2D eigenvalue weighted by Gasteiger charge is -2.03. The number of rotatable bonds is 6. The van der Waals surface area contributed by atoms with E-state index in [9.17, 15) is 9.59 Å². The average Bonchev–Trinajstić information content (AvgIpc) is 3.23. The summed E-state index contributed by atoms with van der Waals surface area (Å²) >= 11 is 0. The molecule has 3 heterocycles. The van der Waals surface area contributed by atoms with E-state index in [2.05, 4.69) is 15.6 Å². The second-order valence-corrected chi connectivity index (χ2v) is 7.42. The van der Waals surface area contributed by atoms with E-state index in [4.69, 9.17) is 0 Å². The number of fused-ring (bicyclic) bond motifs is 1. The zero-order chi connectivity index (χ0) is 22.0. The molecule has 156 valence electrons. The number of hydrazone groups is 1. The van der Waals surface area contributed by atoms with E-state index in [-0.39, 0.29) is 18.2 Å². The highest BCUT2D eigenvalue weighted by molar-refractivity contribution is 6.11. The molecular formula is C24H23N5O2. The molecule has 31 heavy (non-hydrogen) atoms. The van der Waals surface area contributed by atoms with Gasteiger partial charge < -0.3 is 4.40 Å². The minimum atomic E-state index is -0.274. The van der Waals surface area contributed by atoms with Crippen LogP contribution in [0.4, 0.5) is 0 Å². The van der Waals surface area contributed by atoms with Crippen molar-refractivity contribution in [1.82, 2.24) is 19.6 Å². The van der Waals surface area contributed by atoms with Crippen molar-refractivity contribution >= 4 is 23.4 Å². The normalized spacial score (nSPS) is 11.3. The molecule has 0 saturated heterocycles. The molecule has 0 aliphatic carbocycles. The molecule has 0 saturated carbocycles. The fourth-order valence-electron chi connectivity index (χ4n) is 3.70. The number of aromatic nitrogens is 3. The molecule has 0 spiro atoms. The van der Waals surface area contributed by atoms with Crippen molar-refractivity contribution in [3.05, 3.63) is 94.6 Å². The van der Waals surface area contributed by atoms with Gasteiger partial charge in [0.1, 0.15) is 6.54 Å². The van der Waals surface area contributed by atoms with Crippen LogP contribution in [0.3, 0.4) is 0 Å². The van der Waals surface area contributed by atoms with Gasteiger partial charge in [0.15, 0.2) is 0 Å². The van der Waals surface area contributed by atoms with Gasteiger partial charge in [0.05, 0.1) is 23.1 Å². The van der Waals surface area contributed by atoms with E-state index >= 15 is 0 Å². The van der Waals surface area contributed by atoms with Crippen molar-refractivity contribution in [2.75, 3.05) is 0 Å². The largest absolute Gasteiger partial charge is 0.313 e. The Morgan fingerprint density at radius 2 is 1.81 bits per heavy atom. The fraction of sp³-hybridized carbons (Fsp3) is 0.167. The van der Waals surface area contributed by atoms with E-state index in [1.54, 1.807) is 23.0 Å². The number of carbonyl (C=O) groups is 2. The number of nitrogens with one attached hydrogen (secondary N) is 1. The third-order valence-corrected chi connectivity index (χ3v) is 5.17. The summed E-state index contributed by atoms with van der Waals surface area (Å²) < 4.78 is 3.50. The van der Waals surface area contributed by atoms with Gasteiger partial charge in [-0.05, 0) is 44.5 Å². The summed E-state index contributed by atoms with van der Waals surface area (Å²) in [7, 11) is 0. The molecule has 0 fully saturated rings. The van der Waals surface area contributed by atoms with Gasteiger partial charge in [-0.2, -0.15) is 10.2 Å². The molecule has 3 aromatic heterocycles. The monoisotopic (exact) mass is 413 g/mol. The van der Waals surface area contributed by atoms with Gasteiger partial charge in [0.25, 0.3) is 5.91 Å². The number of nitrogens with zero attached hydrogens (tertiary/aromatic N) is 4. The summed E-state index contributed by atoms with van der Waals surface area (Å²) in [4.78, 5) is 25.4.